The van der Waals surface area contributed by atoms with Crippen molar-refractivity contribution >= 4 is 21.8 Å². The number of nitriles is 1. The molecule has 0 atom stereocenters. The third-order valence-corrected chi connectivity index (χ3v) is 4.83. The number of halogens is 1. The van der Waals surface area contributed by atoms with Crippen molar-refractivity contribution in [1.29, 1.82) is 5.26 Å². The Bertz CT molecular complexity index is 807. The Morgan fingerprint density at radius 3 is 2.48 bits per heavy atom. The third kappa shape index (κ3) is 6.41. The van der Waals surface area contributed by atoms with E-state index in [-0.39, 0.29) is 17.9 Å². The van der Waals surface area contributed by atoms with Crippen LogP contribution in [0, 0.1) is 11.3 Å². The summed E-state index contributed by atoms with van der Waals surface area (Å²) < 4.78 is 6.57. The first kappa shape index (κ1) is 21.0. The van der Waals surface area contributed by atoms with Gasteiger partial charge >= 0.3 is 0 Å². The zero-order chi connectivity index (χ0) is 19.9. The van der Waals surface area contributed by atoms with Crippen LogP contribution < -0.4 is 4.74 Å². The van der Waals surface area contributed by atoms with Crippen LogP contribution in [-0.4, -0.2) is 24.0 Å². The minimum Gasteiger partial charge on any atom is -0.483 e. The van der Waals surface area contributed by atoms with Crippen molar-refractivity contribution < 1.29 is 9.53 Å². The maximum Gasteiger partial charge on any atom is 0.260 e. The van der Waals surface area contributed by atoms with E-state index in [1.165, 1.54) is 5.56 Å². The van der Waals surface area contributed by atoms with Crippen LogP contribution >= 0.6 is 15.9 Å². The van der Waals surface area contributed by atoms with E-state index in [0.29, 0.717) is 25.3 Å². The van der Waals surface area contributed by atoms with Gasteiger partial charge in [-0.05, 0) is 44.6 Å². The molecule has 0 aliphatic carbocycles. The van der Waals surface area contributed by atoms with Gasteiger partial charge in [-0.3, -0.25) is 4.79 Å². The smallest absolute Gasteiger partial charge is 0.260 e. The molecule has 1 amide bonds. The maximum absolute atomic E-state index is 12.6. The molecule has 27 heavy (non-hydrogen) atoms. The number of benzene rings is 2. The standard InChI is InChI=1S/C22H25BrN2O2/c1-22(2,3)18-10-11-20(19(23)14-18)27-16-21(26)25(13-7-12-24)15-17-8-5-4-6-9-17/h4-6,8-11,14H,7,13,15-16H2,1-3H3. The lowest BCUT2D eigenvalue weighted by Crippen LogP contribution is -2.35. The lowest BCUT2D eigenvalue weighted by molar-refractivity contribution is -0.133. The lowest BCUT2D eigenvalue weighted by Gasteiger charge is -2.23. The van der Waals surface area contributed by atoms with Crippen molar-refractivity contribution in [3.8, 4) is 11.8 Å². The van der Waals surface area contributed by atoms with Gasteiger partial charge in [0.15, 0.2) is 6.61 Å². The quantitative estimate of drug-likeness (QED) is 0.618. The normalized spacial score (nSPS) is 10.9. The Labute approximate surface area is 169 Å². The Balaban J connectivity index is 2.03. The van der Waals surface area contributed by atoms with Crippen LogP contribution in [0.25, 0.3) is 0 Å². The first-order valence-electron chi connectivity index (χ1n) is 8.92. The van der Waals surface area contributed by atoms with E-state index in [0.717, 1.165) is 10.0 Å². The van der Waals surface area contributed by atoms with Crippen molar-refractivity contribution in [1.82, 2.24) is 4.90 Å². The molecular formula is C22H25BrN2O2. The summed E-state index contributed by atoms with van der Waals surface area (Å²) in [6.45, 7) is 7.23. The molecule has 0 saturated heterocycles. The fourth-order valence-electron chi connectivity index (χ4n) is 2.60. The Kier molecular flexibility index (Phi) is 7.44. The molecule has 0 aliphatic rings. The monoisotopic (exact) mass is 428 g/mol. The highest BCUT2D eigenvalue weighted by Crippen LogP contribution is 2.31. The summed E-state index contributed by atoms with van der Waals surface area (Å²) >= 11 is 3.53. The van der Waals surface area contributed by atoms with Crippen molar-refractivity contribution in [2.45, 2.75) is 39.2 Å². The number of nitrogens with zero attached hydrogens (tertiary/aromatic N) is 2. The third-order valence-electron chi connectivity index (χ3n) is 4.21. The Morgan fingerprint density at radius 1 is 1.19 bits per heavy atom. The van der Waals surface area contributed by atoms with Crippen molar-refractivity contribution in [3.63, 3.8) is 0 Å². The van der Waals surface area contributed by atoms with Crippen LogP contribution in [0.5, 0.6) is 5.75 Å². The second kappa shape index (κ2) is 9.57. The molecule has 2 aromatic carbocycles. The molecule has 0 aromatic heterocycles. The van der Waals surface area contributed by atoms with Gasteiger partial charge in [0.05, 0.1) is 17.0 Å². The molecule has 0 spiro atoms. The molecule has 5 heteroatoms. The van der Waals surface area contributed by atoms with Gasteiger partial charge in [-0.2, -0.15) is 5.26 Å². The highest BCUT2D eigenvalue weighted by molar-refractivity contribution is 9.10. The van der Waals surface area contributed by atoms with Gasteiger partial charge < -0.3 is 9.64 Å². The van der Waals surface area contributed by atoms with E-state index in [2.05, 4.69) is 42.8 Å². The largest absolute Gasteiger partial charge is 0.483 e. The van der Waals surface area contributed by atoms with Crippen LogP contribution in [0.3, 0.4) is 0 Å². The number of ether oxygens (including phenoxy) is 1. The molecule has 4 nitrogen and oxygen atoms in total. The highest BCUT2D eigenvalue weighted by atomic mass is 79.9. The fraction of sp³-hybridized carbons (Fsp3) is 0.364. The van der Waals surface area contributed by atoms with Gasteiger partial charge in [0.25, 0.3) is 5.91 Å². The first-order chi connectivity index (χ1) is 12.8. The van der Waals surface area contributed by atoms with E-state index < -0.39 is 0 Å². The molecule has 2 rings (SSSR count). The van der Waals surface area contributed by atoms with Gasteiger partial charge in [-0.15, -0.1) is 0 Å². The molecule has 142 valence electrons. The number of rotatable bonds is 7. The molecule has 0 heterocycles. The molecular weight excluding hydrogens is 404 g/mol. The van der Waals surface area contributed by atoms with Crippen molar-refractivity contribution in [2.75, 3.05) is 13.2 Å². The molecule has 2 aromatic rings. The molecule has 0 N–H and O–H groups in total. The average Bonchev–Trinajstić information content (AvgIpc) is 2.63. The van der Waals surface area contributed by atoms with Gasteiger partial charge in [-0.1, -0.05) is 57.2 Å². The van der Waals surface area contributed by atoms with E-state index >= 15 is 0 Å². The van der Waals surface area contributed by atoms with E-state index in [9.17, 15) is 4.79 Å². The predicted molar refractivity (Wildman–Crippen MR) is 110 cm³/mol. The first-order valence-corrected chi connectivity index (χ1v) is 9.72. The number of carbonyl (C=O) groups excluding carboxylic acids is 1. The SMILES string of the molecule is CC(C)(C)c1ccc(OCC(=O)N(CCC#N)Cc2ccccc2)c(Br)c1. The topological polar surface area (TPSA) is 53.3 Å². The zero-order valence-corrected chi connectivity index (χ0v) is 17.6. The summed E-state index contributed by atoms with van der Waals surface area (Å²) in [5, 5.41) is 8.87. The molecule has 0 radical (unpaired) electrons. The Hall–Kier alpha value is -2.32. The highest BCUT2D eigenvalue weighted by Gasteiger charge is 2.17. The predicted octanol–water partition coefficient (Wildman–Crippen LogP) is 5.07. The van der Waals surface area contributed by atoms with E-state index in [1.54, 1.807) is 4.90 Å². The number of carbonyl (C=O) groups is 1. The van der Waals surface area contributed by atoms with Crippen LogP contribution in [-0.2, 0) is 16.8 Å². The number of amides is 1. The molecule has 0 fully saturated rings. The molecule has 0 unspecified atom stereocenters. The van der Waals surface area contributed by atoms with Crippen LogP contribution in [0.1, 0.15) is 38.3 Å². The summed E-state index contributed by atoms with van der Waals surface area (Å²) in [7, 11) is 0. The maximum atomic E-state index is 12.6. The zero-order valence-electron chi connectivity index (χ0n) is 16.0. The minimum atomic E-state index is -0.138. The van der Waals surface area contributed by atoms with E-state index in [1.807, 2.05) is 48.5 Å². The van der Waals surface area contributed by atoms with E-state index in [4.69, 9.17) is 10.00 Å². The van der Waals surface area contributed by atoms with Gasteiger partial charge in [0, 0.05) is 13.1 Å². The Morgan fingerprint density at radius 2 is 1.89 bits per heavy atom. The minimum absolute atomic E-state index is 0.0423. The van der Waals surface area contributed by atoms with Gasteiger partial charge in [0.2, 0.25) is 0 Å². The molecule has 0 aliphatic heterocycles. The lowest BCUT2D eigenvalue weighted by atomic mass is 9.87. The van der Waals surface area contributed by atoms with Crippen molar-refractivity contribution in [3.05, 3.63) is 64.1 Å². The van der Waals surface area contributed by atoms with Crippen LogP contribution in [0.4, 0.5) is 0 Å². The summed E-state index contributed by atoms with van der Waals surface area (Å²) in [6, 6.07) is 17.8. The molecule has 0 saturated carbocycles. The number of hydrogen-bond acceptors (Lipinski definition) is 3. The summed E-state index contributed by atoms with van der Waals surface area (Å²) in [4.78, 5) is 14.3. The van der Waals surface area contributed by atoms with Crippen LogP contribution in [0.2, 0.25) is 0 Å². The number of hydrogen-bond donors (Lipinski definition) is 0. The molecule has 0 bridgehead atoms. The van der Waals surface area contributed by atoms with Crippen molar-refractivity contribution in [2.24, 2.45) is 0 Å². The summed E-state index contributed by atoms with van der Waals surface area (Å²) in [6.07, 6.45) is 0.294. The fourth-order valence-corrected chi connectivity index (χ4v) is 3.09. The van der Waals surface area contributed by atoms with Crippen LogP contribution in [0.15, 0.2) is 53.0 Å². The van der Waals surface area contributed by atoms with Gasteiger partial charge in [0.1, 0.15) is 5.75 Å². The second-order valence-electron chi connectivity index (χ2n) is 7.39. The summed E-state index contributed by atoms with van der Waals surface area (Å²) in [5.41, 5.74) is 2.26. The average molecular weight is 429 g/mol. The second-order valence-corrected chi connectivity index (χ2v) is 8.25. The van der Waals surface area contributed by atoms with Gasteiger partial charge in [-0.25, -0.2) is 0 Å². The summed E-state index contributed by atoms with van der Waals surface area (Å²) in [5.74, 6) is 0.497.